The molecule has 0 spiro atoms. The van der Waals surface area contributed by atoms with Crippen LogP contribution in [0.15, 0.2) is 60.7 Å². The van der Waals surface area contributed by atoms with E-state index < -0.39 is 0 Å². The molecule has 2 aromatic carbocycles. The molecule has 3 nitrogen and oxygen atoms in total. The van der Waals surface area contributed by atoms with Crippen LogP contribution >= 0.6 is 0 Å². The third-order valence-corrected chi connectivity index (χ3v) is 7.64. The van der Waals surface area contributed by atoms with Gasteiger partial charge in [0.15, 0.2) is 0 Å². The summed E-state index contributed by atoms with van der Waals surface area (Å²) in [5.74, 6) is 2.70. The van der Waals surface area contributed by atoms with Gasteiger partial charge in [-0.2, -0.15) is 0 Å². The minimum atomic E-state index is -0.260. The maximum absolute atomic E-state index is 13.5. The second-order valence-corrected chi connectivity index (χ2v) is 8.51. The molecular weight excluding hydrogens is 320 g/mol. The number of benzene rings is 2. The first-order valence-corrected chi connectivity index (χ1v) is 9.97. The highest BCUT2D eigenvalue weighted by atomic mass is 16.2. The molecule has 1 amide bonds. The van der Waals surface area contributed by atoms with Gasteiger partial charge < -0.3 is 4.90 Å². The Bertz CT molecular complexity index is 851. The zero-order valence-corrected chi connectivity index (χ0v) is 14.8. The summed E-state index contributed by atoms with van der Waals surface area (Å²) in [4.78, 5) is 15.7. The number of rotatable bonds is 2. The van der Waals surface area contributed by atoms with E-state index >= 15 is 0 Å². The van der Waals surface area contributed by atoms with E-state index in [1.165, 1.54) is 24.0 Å². The van der Waals surface area contributed by atoms with E-state index in [2.05, 4.69) is 70.9 Å². The zero-order chi connectivity index (χ0) is 17.3. The lowest BCUT2D eigenvalue weighted by molar-refractivity contribution is -0.134. The first kappa shape index (κ1) is 15.0. The van der Waals surface area contributed by atoms with Gasteiger partial charge in [-0.05, 0) is 41.7 Å². The van der Waals surface area contributed by atoms with Crippen LogP contribution in [0.4, 0.5) is 0 Å². The molecule has 2 aliphatic carbocycles. The fourth-order valence-electron chi connectivity index (χ4n) is 6.92. The molecule has 3 heteroatoms. The SMILES string of the molecule is O=C1[C@H]2[C@@H]3C[C@@H](C[C@H]3c3ccccc3)[C@H]2[C@]2(c3ccccc3)NCCN12. The van der Waals surface area contributed by atoms with Crippen molar-refractivity contribution in [1.82, 2.24) is 10.2 Å². The molecule has 0 unspecified atom stereocenters. The molecule has 132 valence electrons. The van der Waals surface area contributed by atoms with E-state index in [0.29, 0.717) is 29.6 Å². The molecule has 2 saturated carbocycles. The van der Waals surface area contributed by atoms with Crippen LogP contribution in [0.1, 0.15) is 29.9 Å². The van der Waals surface area contributed by atoms with Crippen LogP contribution in [0.5, 0.6) is 0 Å². The number of nitrogens with zero attached hydrogens (tertiary/aromatic N) is 1. The predicted molar refractivity (Wildman–Crippen MR) is 100 cm³/mol. The molecular formula is C23H24N2O. The van der Waals surface area contributed by atoms with Crippen LogP contribution in [0.2, 0.25) is 0 Å². The van der Waals surface area contributed by atoms with Gasteiger partial charge in [0.05, 0.1) is 0 Å². The van der Waals surface area contributed by atoms with Crippen LogP contribution in [0.3, 0.4) is 0 Å². The van der Waals surface area contributed by atoms with Crippen molar-refractivity contribution in [3.8, 4) is 0 Å². The maximum Gasteiger partial charge on any atom is 0.228 e. The molecule has 0 radical (unpaired) electrons. The molecule has 4 fully saturated rings. The monoisotopic (exact) mass is 344 g/mol. The molecule has 6 atom stereocenters. The van der Waals surface area contributed by atoms with Crippen molar-refractivity contribution in [2.75, 3.05) is 13.1 Å². The van der Waals surface area contributed by atoms with Crippen LogP contribution in [0.25, 0.3) is 0 Å². The molecule has 1 N–H and O–H groups in total. The summed E-state index contributed by atoms with van der Waals surface area (Å²) >= 11 is 0. The Morgan fingerprint density at radius 2 is 1.69 bits per heavy atom. The lowest BCUT2D eigenvalue weighted by Crippen LogP contribution is -2.51. The highest BCUT2D eigenvalue weighted by molar-refractivity contribution is 5.85. The smallest absolute Gasteiger partial charge is 0.228 e. The number of fused-ring (bicyclic) bond motifs is 7. The van der Waals surface area contributed by atoms with Gasteiger partial charge in [0.1, 0.15) is 5.66 Å². The molecule has 2 saturated heterocycles. The lowest BCUT2D eigenvalue weighted by atomic mass is 9.68. The van der Waals surface area contributed by atoms with Crippen molar-refractivity contribution in [3.63, 3.8) is 0 Å². The first-order valence-electron chi connectivity index (χ1n) is 9.97. The van der Waals surface area contributed by atoms with Crippen LogP contribution in [0, 0.1) is 23.7 Å². The summed E-state index contributed by atoms with van der Waals surface area (Å²) in [5, 5.41) is 3.79. The predicted octanol–water partition coefficient (Wildman–Crippen LogP) is 3.34. The number of carbonyl (C=O) groups excluding carboxylic acids is 1. The average molecular weight is 344 g/mol. The number of amides is 1. The highest BCUT2D eigenvalue weighted by Gasteiger charge is 2.70. The normalized spacial score (nSPS) is 40.1. The second-order valence-electron chi connectivity index (χ2n) is 8.51. The van der Waals surface area contributed by atoms with Gasteiger partial charge in [0, 0.05) is 24.9 Å². The van der Waals surface area contributed by atoms with Crippen molar-refractivity contribution in [2.24, 2.45) is 23.7 Å². The van der Waals surface area contributed by atoms with E-state index in [0.717, 1.165) is 13.1 Å². The summed E-state index contributed by atoms with van der Waals surface area (Å²) in [6, 6.07) is 21.6. The highest BCUT2D eigenvalue weighted by Crippen LogP contribution is 2.67. The molecule has 4 aliphatic rings. The van der Waals surface area contributed by atoms with Gasteiger partial charge in [-0.25, -0.2) is 0 Å². The Balaban J connectivity index is 1.44. The molecule has 2 aliphatic heterocycles. The van der Waals surface area contributed by atoms with Gasteiger partial charge in [0.25, 0.3) is 0 Å². The molecule has 2 aromatic rings. The van der Waals surface area contributed by atoms with Crippen molar-refractivity contribution in [1.29, 1.82) is 0 Å². The minimum Gasteiger partial charge on any atom is -0.318 e. The molecule has 6 rings (SSSR count). The van der Waals surface area contributed by atoms with Crippen LogP contribution < -0.4 is 5.32 Å². The molecule has 2 heterocycles. The molecule has 0 aromatic heterocycles. The van der Waals surface area contributed by atoms with Gasteiger partial charge in [-0.15, -0.1) is 0 Å². The Labute approximate surface area is 154 Å². The van der Waals surface area contributed by atoms with E-state index in [-0.39, 0.29) is 11.6 Å². The fourth-order valence-corrected chi connectivity index (χ4v) is 6.92. The Hall–Kier alpha value is -2.13. The average Bonchev–Trinajstić information content (AvgIpc) is 3.44. The summed E-state index contributed by atoms with van der Waals surface area (Å²) in [6.07, 6.45) is 2.44. The van der Waals surface area contributed by atoms with Crippen molar-refractivity contribution >= 4 is 5.91 Å². The molecule has 2 bridgehead atoms. The summed E-state index contributed by atoms with van der Waals surface area (Å²) in [7, 11) is 0. The third kappa shape index (κ3) is 1.70. The quantitative estimate of drug-likeness (QED) is 0.906. The van der Waals surface area contributed by atoms with E-state index in [9.17, 15) is 4.79 Å². The Kier molecular flexibility index (Phi) is 3.00. The minimum absolute atomic E-state index is 0.187. The van der Waals surface area contributed by atoms with Gasteiger partial charge in [0.2, 0.25) is 5.91 Å². The fraction of sp³-hybridized carbons (Fsp3) is 0.435. The zero-order valence-electron chi connectivity index (χ0n) is 14.8. The Morgan fingerprint density at radius 1 is 0.962 bits per heavy atom. The van der Waals surface area contributed by atoms with Gasteiger partial charge in [-0.1, -0.05) is 60.7 Å². The number of hydrogen-bond acceptors (Lipinski definition) is 2. The molecule has 26 heavy (non-hydrogen) atoms. The van der Waals surface area contributed by atoms with Gasteiger partial charge in [-0.3, -0.25) is 10.1 Å². The number of hydrogen-bond donors (Lipinski definition) is 1. The first-order chi connectivity index (χ1) is 12.8. The van der Waals surface area contributed by atoms with Crippen molar-refractivity contribution in [2.45, 2.75) is 24.4 Å². The van der Waals surface area contributed by atoms with Crippen molar-refractivity contribution in [3.05, 3.63) is 71.8 Å². The maximum atomic E-state index is 13.5. The summed E-state index contributed by atoms with van der Waals surface area (Å²) in [6.45, 7) is 1.75. The second kappa shape index (κ2) is 5.20. The third-order valence-electron chi connectivity index (χ3n) is 7.64. The lowest BCUT2D eigenvalue weighted by Gasteiger charge is -2.41. The Morgan fingerprint density at radius 3 is 2.46 bits per heavy atom. The van der Waals surface area contributed by atoms with Crippen LogP contribution in [-0.4, -0.2) is 23.9 Å². The van der Waals surface area contributed by atoms with Crippen molar-refractivity contribution < 1.29 is 4.79 Å². The summed E-state index contributed by atoms with van der Waals surface area (Å²) in [5.41, 5.74) is 2.45. The topological polar surface area (TPSA) is 32.3 Å². The van der Waals surface area contributed by atoms with E-state index in [4.69, 9.17) is 0 Å². The largest absolute Gasteiger partial charge is 0.318 e. The van der Waals surface area contributed by atoms with E-state index in [1.807, 2.05) is 0 Å². The van der Waals surface area contributed by atoms with E-state index in [1.54, 1.807) is 0 Å². The summed E-state index contributed by atoms with van der Waals surface area (Å²) < 4.78 is 0. The van der Waals surface area contributed by atoms with Crippen LogP contribution in [-0.2, 0) is 10.5 Å². The standard InChI is InChI=1S/C23H24N2O/c26-22-20-19-14-16(13-18(19)15-7-3-1-4-8-15)21(20)23(24-11-12-25(22)23)17-9-5-2-6-10-17/h1-10,16,18-21,24H,11-14H2/t16-,18+,19-,20+,21-,23-/m1/s1. The number of carbonyl (C=O) groups is 1. The van der Waals surface area contributed by atoms with Gasteiger partial charge >= 0.3 is 0 Å². The number of nitrogens with one attached hydrogen (secondary N) is 1.